The van der Waals surface area contributed by atoms with Gasteiger partial charge in [0.25, 0.3) is 0 Å². The van der Waals surface area contributed by atoms with E-state index in [1.165, 1.54) is 0 Å². The molecule has 0 aromatic heterocycles. The summed E-state index contributed by atoms with van der Waals surface area (Å²) in [5.74, 6) is 0. The number of hydrogen-bond donors (Lipinski definition) is 0. The Morgan fingerprint density at radius 2 is 1.80 bits per heavy atom. The van der Waals surface area contributed by atoms with Crippen LogP contribution in [0.5, 0.6) is 0 Å². The van der Waals surface area contributed by atoms with Crippen LogP contribution in [0.2, 0.25) is 0 Å². The summed E-state index contributed by atoms with van der Waals surface area (Å²) in [5, 5.41) is 0. The Balaban J connectivity index is 3.41. The maximum Gasteiger partial charge on any atom is 0.245 e. The van der Waals surface area contributed by atoms with Crippen molar-refractivity contribution in [2.24, 2.45) is 0 Å². The minimum atomic E-state index is -3.65. The van der Waals surface area contributed by atoms with Crippen LogP contribution >= 0.6 is 10.7 Å². The second kappa shape index (κ2) is 3.80. The van der Waals surface area contributed by atoms with Crippen molar-refractivity contribution >= 4 is 19.7 Å². The highest BCUT2D eigenvalue weighted by atomic mass is 35.7. The van der Waals surface area contributed by atoms with Crippen LogP contribution in [0.15, 0.2) is 34.9 Å². The Hall–Kier alpha value is -0.540. The monoisotopic (exact) mass is 246 g/mol. The number of rotatable bonds is 1. The molecule has 2 nitrogen and oxygen atoms in total. The maximum atomic E-state index is 11.5. The minimum Gasteiger partial charge on any atom is -0.211 e. The molecule has 1 atom stereocenters. The number of allylic oxidation sites excluding steroid dienone is 4. The van der Waals surface area contributed by atoms with Crippen molar-refractivity contribution in [1.29, 1.82) is 0 Å². The lowest BCUT2D eigenvalue weighted by molar-refractivity contribution is 0.595. The molecular weight excluding hydrogens is 232 g/mol. The molecule has 0 bridgehead atoms. The first kappa shape index (κ1) is 12.5. The fourth-order valence-corrected chi connectivity index (χ4v) is 2.30. The lowest BCUT2D eigenvalue weighted by atomic mass is 10.0. The van der Waals surface area contributed by atoms with Gasteiger partial charge in [-0.05, 0) is 38.8 Å². The fourth-order valence-electron chi connectivity index (χ4n) is 1.46. The number of halogens is 1. The Kier molecular flexibility index (Phi) is 3.17. The van der Waals surface area contributed by atoms with E-state index in [2.05, 4.69) is 0 Å². The van der Waals surface area contributed by atoms with Crippen molar-refractivity contribution in [1.82, 2.24) is 0 Å². The number of hydrogen-bond acceptors (Lipinski definition) is 2. The summed E-state index contributed by atoms with van der Waals surface area (Å²) in [5.41, 5.74) is 3.10. The molecule has 1 rings (SSSR count). The summed E-state index contributed by atoms with van der Waals surface area (Å²) in [4.78, 5) is 0. The van der Waals surface area contributed by atoms with Crippen LogP contribution in [0.3, 0.4) is 0 Å². The first-order valence-electron chi connectivity index (χ1n) is 4.68. The van der Waals surface area contributed by atoms with E-state index in [1.54, 1.807) is 19.1 Å². The normalized spacial score (nSPS) is 27.7. The molecule has 0 fully saturated rings. The van der Waals surface area contributed by atoms with Gasteiger partial charge in [0.05, 0.1) is 0 Å². The highest BCUT2D eigenvalue weighted by molar-refractivity contribution is 8.15. The molecule has 0 aliphatic heterocycles. The lowest BCUT2D eigenvalue weighted by Gasteiger charge is -2.17. The van der Waals surface area contributed by atoms with Crippen molar-refractivity contribution in [3.05, 3.63) is 34.9 Å². The van der Waals surface area contributed by atoms with Gasteiger partial charge in [-0.1, -0.05) is 23.8 Å². The summed E-state index contributed by atoms with van der Waals surface area (Å²) in [7, 11) is 1.80. The highest BCUT2D eigenvalue weighted by Crippen LogP contribution is 2.31. The van der Waals surface area contributed by atoms with Crippen LogP contribution in [-0.4, -0.2) is 13.2 Å². The summed E-state index contributed by atoms with van der Waals surface area (Å²) >= 11 is 0. The largest absolute Gasteiger partial charge is 0.245 e. The average molecular weight is 247 g/mol. The van der Waals surface area contributed by atoms with E-state index in [9.17, 15) is 8.42 Å². The Morgan fingerprint density at radius 3 is 2.27 bits per heavy atom. The molecule has 1 aliphatic carbocycles. The SMILES string of the molecule is CC1=CC(C)(S(=O)(=O)Cl)C=CC(C)=C1C. The van der Waals surface area contributed by atoms with E-state index in [1.807, 2.05) is 26.8 Å². The van der Waals surface area contributed by atoms with Crippen LogP contribution < -0.4 is 0 Å². The van der Waals surface area contributed by atoms with Crippen LogP contribution in [0.4, 0.5) is 0 Å². The smallest absolute Gasteiger partial charge is 0.211 e. The molecular formula is C11H15ClO2S. The van der Waals surface area contributed by atoms with Gasteiger partial charge >= 0.3 is 0 Å². The van der Waals surface area contributed by atoms with E-state index in [0.717, 1.165) is 16.7 Å². The topological polar surface area (TPSA) is 34.1 Å². The van der Waals surface area contributed by atoms with Crippen molar-refractivity contribution in [2.45, 2.75) is 32.4 Å². The van der Waals surface area contributed by atoms with Crippen LogP contribution in [0.1, 0.15) is 27.7 Å². The first-order valence-corrected chi connectivity index (χ1v) is 6.99. The van der Waals surface area contributed by atoms with E-state index in [-0.39, 0.29) is 0 Å². The van der Waals surface area contributed by atoms with Crippen molar-refractivity contribution in [3.8, 4) is 0 Å². The summed E-state index contributed by atoms with van der Waals surface area (Å²) in [6.45, 7) is 7.42. The Labute approximate surface area is 95.7 Å². The summed E-state index contributed by atoms with van der Waals surface area (Å²) < 4.78 is 21.8. The van der Waals surface area contributed by atoms with Gasteiger partial charge in [-0.2, -0.15) is 0 Å². The molecule has 15 heavy (non-hydrogen) atoms. The van der Waals surface area contributed by atoms with E-state index in [4.69, 9.17) is 10.7 Å². The third-order valence-electron chi connectivity index (χ3n) is 2.88. The second-order valence-corrected chi connectivity index (χ2v) is 7.06. The molecule has 0 spiro atoms. The molecule has 1 unspecified atom stereocenters. The molecule has 0 aromatic rings. The average Bonchev–Trinajstić information content (AvgIpc) is 2.18. The predicted octanol–water partition coefficient (Wildman–Crippen LogP) is 3.17. The van der Waals surface area contributed by atoms with E-state index in [0.29, 0.717) is 0 Å². The standard InChI is InChI=1S/C11H15ClO2S/c1-8-5-6-11(4,15(12,13)14)7-9(2)10(8)3/h5-7H,1-4H3. The zero-order valence-corrected chi connectivity index (χ0v) is 10.9. The molecule has 0 saturated carbocycles. The maximum absolute atomic E-state index is 11.5. The lowest BCUT2D eigenvalue weighted by Crippen LogP contribution is -2.26. The van der Waals surface area contributed by atoms with Gasteiger partial charge in [-0.25, -0.2) is 8.42 Å². The summed E-state index contributed by atoms with van der Waals surface area (Å²) in [6.07, 6.45) is 5.13. The third kappa shape index (κ3) is 2.34. The predicted molar refractivity (Wildman–Crippen MR) is 64.4 cm³/mol. The highest BCUT2D eigenvalue weighted by Gasteiger charge is 2.34. The van der Waals surface area contributed by atoms with E-state index >= 15 is 0 Å². The zero-order valence-electron chi connectivity index (χ0n) is 9.33. The summed E-state index contributed by atoms with van der Waals surface area (Å²) in [6, 6.07) is 0. The zero-order chi connectivity index (χ0) is 11.9. The molecule has 0 heterocycles. The van der Waals surface area contributed by atoms with Gasteiger partial charge < -0.3 is 0 Å². The van der Waals surface area contributed by atoms with Crippen molar-refractivity contribution in [2.75, 3.05) is 0 Å². The molecule has 4 heteroatoms. The molecule has 0 radical (unpaired) electrons. The quantitative estimate of drug-likeness (QED) is 0.666. The molecule has 0 amide bonds. The van der Waals surface area contributed by atoms with Crippen LogP contribution in [0.25, 0.3) is 0 Å². The van der Waals surface area contributed by atoms with Gasteiger partial charge in [-0.15, -0.1) is 0 Å². The van der Waals surface area contributed by atoms with Gasteiger partial charge in [0.2, 0.25) is 9.05 Å². The van der Waals surface area contributed by atoms with Gasteiger partial charge in [0, 0.05) is 10.7 Å². The molecule has 0 aromatic carbocycles. The fraction of sp³-hybridized carbons (Fsp3) is 0.455. The molecule has 1 aliphatic rings. The van der Waals surface area contributed by atoms with E-state index < -0.39 is 13.8 Å². The molecule has 84 valence electrons. The van der Waals surface area contributed by atoms with Crippen LogP contribution in [-0.2, 0) is 9.05 Å². The van der Waals surface area contributed by atoms with Gasteiger partial charge in [-0.3, -0.25) is 0 Å². The second-order valence-electron chi connectivity index (χ2n) is 4.09. The molecule has 0 saturated heterocycles. The van der Waals surface area contributed by atoms with Crippen molar-refractivity contribution < 1.29 is 8.42 Å². The van der Waals surface area contributed by atoms with Crippen LogP contribution in [0, 0.1) is 0 Å². The van der Waals surface area contributed by atoms with Gasteiger partial charge in [0.15, 0.2) is 0 Å². The minimum absolute atomic E-state index is 0.948. The Bertz CT molecular complexity index is 469. The Morgan fingerprint density at radius 1 is 1.27 bits per heavy atom. The third-order valence-corrected chi connectivity index (χ3v) is 5.18. The van der Waals surface area contributed by atoms with Crippen molar-refractivity contribution in [3.63, 3.8) is 0 Å². The van der Waals surface area contributed by atoms with Gasteiger partial charge in [0.1, 0.15) is 4.75 Å². The molecule has 0 N–H and O–H groups in total. The first-order chi connectivity index (χ1) is 6.67.